The van der Waals surface area contributed by atoms with Gasteiger partial charge in [-0.2, -0.15) is 11.8 Å². The van der Waals surface area contributed by atoms with E-state index in [0.717, 1.165) is 18.7 Å². The number of hydrogen-bond donors (Lipinski definition) is 1. The Morgan fingerprint density at radius 1 is 1.53 bits per heavy atom. The van der Waals surface area contributed by atoms with Gasteiger partial charge in [0.1, 0.15) is 0 Å². The average Bonchev–Trinajstić information content (AvgIpc) is 2.13. The van der Waals surface area contributed by atoms with Crippen LogP contribution >= 0.6 is 11.8 Å². The molecule has 0 spiro atoms. The van der Waals surface area contributed by atoms with E-state index in [1.165, 1.54) is 5.75 Å². The van der Waals surface area contributed by atoms with E-state index in [2.05, 4.69) is 32.6 Å². The van der Waals surface area contributed by atoms with Crippen molar-refractivity contribution in [2.45, 2.75) is 40.2 Å². The molecule has 0 amide bonds. The molecule has 0 saturated carbocycles. The van der Waals surface area contributed by atoms with Crippen LogP contribution in [0.15, 0.2) is 0 Å². The first-order valence-electron chi connectivity index (χ1n) is 6.34. The lowest BCUT2D eigenvalue weighted by molar-refractivity contribution is -0.139. The van der Waals surface area contributed by atoms with E-state index in [-0.39, 0.29) is 6.54 Å². The molecule has 0 radical (unpaired) electrons. The van der Waals surface area contributed by atoms with E-state index in [4.69, 9.17) is 5.11 Å². The van der Waals surface area contributed by atoms with Gasteiger partial charge in [-0.25, -0.2) is 0 Å². The number of nitrogens with zero attached hydrogens (tertiary/aromatic N) is 1. The largest absolute Gasteiger partial charge is 0.480 e. The van der Waals surface area contributed by atoms with Gasteiger partial charge in [0, 0.05) is 18.3 Å². The molecule has 1 fully saturated rings. The lowest BCUT2D eigenvalue weighted by Gasteiger charge is -2.41. The van der Waals surface area contributed by atoms with Gasteiger partial charge in [-0.15, -0.1) is 0 Å². The van der Waals surface area contributed by atoms with Crippen molar-refractivity contribution in [2.24, 2.45) is 11.3 Å². The molecule has 0 aromatic heterocycles. The summed E-state index contributed by atoms with van der Waals surface area (Å²) in [6, 6.07) is 0.419. The highest BCUT2D eigenvalue weighted by Gasteiger charge is 2.32. The summed E-state index contributed by atoms with van der Waals surface area (Å²) in [6.45, 7) is 9.92. The van der Waals surface area contributed by atoms with Crippen LogP contribution in [-0.2, 0) is 4.79 Å². The Balaban J connectivity index is 2.64. The molecule has 100 valence electrons. The molecule has 17 heavy (non-hydrogen) atoms. The molecular weight excluding hydrogens is 234 g/mol. The zero-order valence-corrected chi connectivity index (χ0v) is 12.2. The van der Waals surface area contributed by atoms with E-state index >= 15 is 0 Å². The van der Waals surface area contributed by atoms with Crippen molar-refractivity contribution >= 4 is 17.7 Å². The maximum atomic E-state index is 10.9. The number of carbonyl (C=O) groups is 1. The van der Waals surface area contributed by atoms with Gasteiger partial charge in [0.25, 0.3) is 0 Å². The van der Waals surface area contributed by atoms with Crippen LogP contribution in [0.3, 0.4) is 0 Å². The number of hydrogen-bond acceptors (Lipinski definition) is 3. The summed E-state index contributed by atoms with van der Waals surface area (Å²) in [5.74, 6) is 2.07. The summed E-state index contributed by atoms with van der Waals surface area (Å²) in [4.78, 5) is 13.1. The number of aliphatic carboxylic acids is 1. The predicted octanol–water partition coefficient (Wildman–Crippen LogP) is 2.56. The first-order chi connectivity index (χ1) is 7.80. The van der Waals surface area contributed by atoms with Crippen molar-refractivity contribution in [1.82, 2.24) is 4.90 Å². The average molecular weight is 259 g/mol. The van der Waals surface area contributed by atoms with E-state index in [1.54, 1.807) is 0 Å². The predicted molar refractivity (Wildman–Crippen MR) is 73.6 cm³/mol. The molecule has 1 rings (SSSR count). The van der Waals surface area contributed by atoms with Crippen LogP contribution in [0.4, 0.5) is 0 Å². The van der Waals surface area contributed by atoms with Gasteiger partial charge in [0.15, 0.2) is 0 Å². The third-order valence-electron chi connectivity index (χ3n) is 3.05. The second kappa shape index (κ2) is 6.10. The van der Waals surface area contributed by atoms with Gasteiger partial charge in [-0.3, -0.25) is 9.69 Å². The Morgan fingerprint density at radius 2 is 2.18 bits per heavy atom. The molecule has 1 heterocycles. The maximum Gasteiger partial charge on any atom is 0.317 e. The first-order valence-corrected chi connectivity index (χ1v) is 7.49. The second-order valence-electron chi connectivity index (χ2n) is 6.25. The summed E-state index contributed by atoms with van der Waals surface area (Å²) in [6.07, 6.45) is 1.11. The highest BCUT2D eigenvalue weighted by Crippen LogP contribution is 2.35. The van der Waals surface area contributed by atoms with Gasteiger partial charge in [0.2, 0.25) is 0 Å². The van der Waals surface area contributed by atoms with Crippen LogP contribution in [0, 0.1) is 11.3 Å². The molecule has 1 aliphatic heterocycles. The van der Waals surface area contributed by atoms with Crippen LogP contribution in [0.25, 0.3) is 0 Å². The van der Waals surface area contributed by atoms with Gasteiger partial charge in [-0.05, 0) is 23.5 Å². The number of carboxylic acids is 1. The Kier molecular flexibility index (Phi) is 5.32. The topological polar surface area (TPSA) is 40.5 Å². The van der Waals surface area contributed by atoms with Crippen molar-refractivity contribution in [3.8, 4) is 0 Å². The van der Waals surface area contributed by atoms with Gasteiger partial charge >= 0.3 is 5.97 Å². The lowest BCUT2D eigenvalue weighted by atomic mass is 9.87. The summed E-state index contributed by atoms with van der Waals surface area (Å²) in [5.41, 5.74) is 0.335. The molecule has 0 aromatic rings. The summed E-state index contributed by atoms with van der Waals surface area (Å²) >= 11 is 1.96. The van der Waals surface area contributed by atoms with Crippen LogP contribution in [0.5, 0.6) is 0 Å². The zero-order valence-electron chi connectivity index (χ0n) is 11.4. The van der Waals surface area contributed by atoms with Crippen molar-refractivity contribution in [3.05, 3.63) is 0 Å². The minimum atomic E-state index is -0.709. The Morgan fingerprint density at radius 3 is 2.65 bits per heavy atom. The quantitative estimate of drug-likeness (QED) is 0.824. The SMILES string of the molecule is CC(C)CN(CC(=O)O)C1CSCC(C)(C)C1. The lowest BCUT2D eigenvalue weighted by Crippen LogP contribution is -2.47. The normalized spacial score (nSPS) is 24.2. The fourth-order valence-electron chi connectivity index (χ4n) is 2.45. The molecule has 1 atom stereocenters. The smallest absolute Gasteiger partial charge is 0.317 e. The maximum absolute atomic E-state index is 10.9. The molecular formula is C13H25NO2S. The zero-order chi connectivity index (χ0) is 13.1. The van der Waals surface area contributed by atoms with Gasteiger partial charge in [-0.1, -0.05) is 27.7 Å². The fourth-order valence-corrected chi connectivity index (χ4v) is 3.84. The molecule has 1 saturated heterocycles. The highest BCUT2D eigenvalue weighted by atomic mass is 32.2. The minimum Gasteiger partial charge on any atom is -0.480 e. The van der Waals surface area contributed by atoms with Crippen LogP contribution in [-0.4, -0.2) is 46.6 Å². The highest BCUT2D eigenvalue weighted by molar-refractivity contribution is 7.99. The third-order valence-corrected chi connectivity index (χ3v) is 4.65. The molecule has 0 aromatic carbocycles. The standard InChI is InChI=1S/C13H25NO2S/c1-10(2)6-14(7-12(15)16)11-5-13(3,4)9-17-8-11/h10-11H,5-9H2,1-4H3,(H,15,16). The Bertz CT molecular complexity index is 266. The Hall–Kier alpha value is -0.220. The van der Waals surface area contributed by atoms with Crippen molar-refractivity contribution in [1.29, 1.82) is 0 Å². The number of carboxylic acid groups (broad SMARTS) is 1. The molecule has 0 bridgehead atoms. The van der Waals surface area contributed by atoms with Gasteiger partial charge in [0.05, 0.1) is 6.54 Å². The summed E-state index contributed by atoms with van der Waals surface area (Å²) in [5, 5.41) is 9.01. The van der Waals surface area contributed by atoms with Gasteiger partial charge < -0.3 is 5.11 Å². The molecule has 4 heteroatoms. The van der Waals surface area contributed by atoms with Crippen molar-refractivity contribution in [2.75, 3.05) is 24.6 Å². The summed E-state index contributed by atoms with van der Waals surface area (Å²) in [7, 11) is 0. The van der Waals surface area contributed by atoms with E-state index in [9.17, 15) is 4.79 Å². The van der Waals surface area contributed by atoms with Crippen LogP contribution in [0.2, 0.25) is 0 Å². The first kappa shape index (κ1) is 14.8. The molecule has 0 aliphatic carbocycles. The monoisotopic (exact) mass is 259 g/mol. The Labute approximate surface area is 109 Å². The number of thioether (sulfide) groups is 1. The fraction of sp³-hybridized carbons (Fsp3) is 0.923. The third kappa shape index (κ3) is 5.30. The van der Waals surface area contributed by atoms with Crippen molar-refractivity contribution < 1.29 is 9.90 Å². The number of rotatable bonds is 5. The summed E-state index contributed by atoms with van der Waals surface area (Å²) < 4.78 is 0. The van der Waals surface area contributed by atoms with E-state index < -0.39 is 5.97 Å². The van der Waals surface area contributed by atoms with E-state index in [0.29, 0.717) is 17.4 Å². The molecule has 1 N–H and O–H groups in total. The van der Waals surface area contributed by atoms with E-state index in [1.807, 2.05) is 11.8 Å². The second-order valence-corrected chi connectivity index (χ2v) is 7.28. The van der Waals surface area contributed by atoms with Crippen LogP contribution < -0.4 is 0 Å². The van der Waals surface area contributed by atoms with Crippen molar-refractivity contribution in [3.63, 3.8) is 0 Å². The molecule has 1 unspecified atom stereocenters. The minimum absolute atomic E-state index is 0.180. The van der Waals surface area contributed by atoms with Crippen LogP contribution in [0.1, 0.15) is 34.1 Å². The molecule has 3 nitrogen and oxygen atoms in total. The molecule has 1 aliphatic rings.